The van der Waals surface area contributed by atoms with E-state index in [-0.39, 0.29) is 23.3 Å². The maximum Gasteiger partial charge on any atom is 0.311 e. The summed E-state index contributed by atoms with van der Waals surface area (Å²) in [6.07, 6.45) is 2.17. The molecule has 0 aromatic heterocycles. The molecular weight excluding hydrogens is 286 g/mol. The molecule has 1 aliphatic heterocycles. The molecule has 1 aromatic rings. The molecule has 0 bridgehead atoms. The number of nitrogens with zero attached hydrogens (tertiary/aromatic N) is 1. The maximum absolute atomic E-state index is 11.9. The van der Waals surface area contributed by atoms with Crippen LogP contribution < -0.4 is 4.18 Å². The molecule has 7 nitrogen and oxygen atoms in total. The first-order valence-electron chi connectivity index (χ1n) is 6.24. The van der Waals surface area contributed by atoms with Crippen LogP contribution in [0.2, 0.25) is 0 Å². The monoisotopic (exact) mass is 301 g/mol. The zero-order valence-corrected chi connectivity index (χ0v) is 11.5. The summed E-state index contributed by atoms with van der Waals surface area (Å²) in [5.41, 5.74) is -0.216. The van der Waals surface area contributed by atoms with Crippen LogP contribution >= 0.6 is 0 Å². The summed E-state index contributed by atoms with van der Waals surface area (Å²) in [5, 5.41) is 10.6. The van der Waals surface area contributed by atoms with E-state index in [0.717, 1.165) is 18.9 Å². The van der Waals surface area contributed by atoms with Crippen LogP contribution in [0.5, 0.6) is 5.75 Å². The van der Waals surface area contributed by atoms with Gasteiger partial charge in [0.25, 0.3) is 5.69 Å². The van der Waals surface area contributed by atoms with E-state index >= 15 is 0 Å². The van der Waals surface area contributed by atoms with Crippen molar-refractivity contribution in [3.8, 4) is 5.75 Å². The summed E-state index contributed by atoms with van der Waals surface area (Å²) < 4.78 is 34.0. The minimum absolute atomic E-state index is 0.0602. The van der Waals surface area contributed by atoms with Crippen LogP contribution in [0.4, 0.5) is 5.69 Å². The van der Waals surface area contributed by atoms with Crippen molar-refractivity contribution in [3.05, 3.63) is 34.4 Å². The lowest BCUT2D eigenvalue weighted by Crippen LogP contribution is -2.29. The average Bonchev–Trinajstić information content (AvgIpc) is 2.39. The molecule has 1 saturated heterocycles. The molecule has 0 amide bonds. The highest BCUT2D eigenvalue weighted by Crippen LogP contribution is 2.22. The van der Waals surface area contributed by atoms with Crippen LogP contribution in [0, 0.1) is 10.1 Å². The quantitative estimate of drug-likeness (QED) is 0.468. The number of nitro groups is 1. The van der Waals surface area contributed by atoms with Gasteiger partial charge in [-0.25, -0.2) is 0 Å². The van der Waals surface area contributed by atoms with E-state index < -0.39 is 15.0 Å². The van der Waals surface area contributed by atoms with Gasteiger partial charge in [0, 0.05) is 12.7 Å². The van der Waals surface area contributed by atoms with Crippen molar-refractivity contribution in [3.63, 3.8) is 0 Å². The number of nitro benzene ring substituents is 1. The van der Waals surface area contributed by atoms with Crippen molar-refractivity contribution >= 4 is 15.8 Å². The van der Waals surface area contributed by atoms with Crippen LogP contribution in [0.15, 0.2) is 24.3 Å². The van der Waals surface area contributed by atoms with Gasteiger partial charge in [0.2, 0.25) is 0 Å². The fraction of sp³-hybridized carbons (Fsp3) is 0.500. The Hall–Kier alpha value is -1.67. The van der Waals surface area contributed by atoms with Gasteiger partial charge in [-0.3, -0.25) is 10.1 Å². The van der Waals surface area contributed by atoms with Gasteiger partial charge >= 0.3 is 10.1 Å². The maximum atomic E-state index is 11.9. The Morgan fingerprint density at radius 1 is 1.40 bits per heavy atom. The number of ether oxygens (including phenoxy) is 1. The van der Waals surface area contributed by atoms with Crippen molar-refractivity contribution in [1.29, 1.82) is 0 Å². The lowest BCUT2D eigenvalue weighted by Gasteiger charge is -2.22. The fourth-order valence-corrected chi connectivity index (χ4v) is 3.18. The van der Waals surface area contributed by atoms with E-state index in [1.807, 2.05) is 0 Å². The smallest absolute Gasteiger partial charge is 0.311 e. The van der Waals surface area contributed by atoms with Crippen molar-refractivity contribution < 1.29 is 22.3 Å². The first kappa shape index (κ1) is 14.7. The predicted molar refractivity (Wildman–Crippen MR) is 71.1 cm³/mol. The molecule has 20 heavy (non-hydrogen) atoms. The Kier molecular flexibility index (Phi) is 4.56. The summed E-state index contributed by atoms with van der Waals surface area (Å²) in [6, 6.07) is 5.09. The highest BCUT2D eigenvalue weighted by atomic mass is 32.2. The molecule has 0 spiro atoms. The summed E-state index contributed by atoms with van der Waals surface area (Å²) in [7, 11) is -3.82. The fourth-order valence-electron chi connectivity index (χ4n) is 2.00. The van der Waals surface area contributed by atoms with Crippen LogP contribution in [0.25, 0.3) is 0 Å². The van der Waals surface area contributed by atoms with Crippen molar-refractivity contribution in [2.24, 2.45) is 0 Å². The number of hydrogen-bond donors (Lipinski definition) is 0. The second kappa shape index (κ2) is 6.19. The predicted octanol–water partition coefficient (Wildman–Crippen LogP) is 1.87. The Morgan fingerprint density at radius 2 is 2.20 bits per heavy atom. The minimum atomic E-state index is -3.82. The van der Waals surface area contributed by atoms with Crippen molar-refractivity contribution in [1.82, 2.24) is 0 Å². The molecule has 1 fully saturated rings. The van der Waals surface area contributed by atoms with Crippen LogP contribution in [0.1, 0.15) is 19.3 Å². The molecule has 110 valence electrons. The molecule has 0 radical (unpaired) electrons. The number of benzene rings is 1. The zero-order valence-electron chi connectivity index (χ0n) is 10.7. The Morgan fingerprint density at radius 3 is 2.85 bits per heavy atom. The van der Waals surface area contributed by atoms with Gasteiger partial charge in [-0.15, -0.1) is 0 Å². The SMILES string of the molecule is O=[N+]([O-])c1cccc(OS(=O)(=O)CC2CCCCO2)c1. The average molecular weight is 301 g/mol. The lowest BCUT2D eigenvalue weighted by atomic mass is 10.1. The molecule has 2 rings (SSSR count). The third-order valence-corrected chi connectivity index (χ3v) is 4.14. The minimum Gasteiger partial charge on any atom is -0.382 e. The normalized spacial score (nSPS) is 19.5. The lowest BCUT2D eigenvalue weighted by molar-refractivity contribution is -0.384. The van der Waals surface area contributed by atoms with Gasteiger partial charge in [0.15, 0.2) is 0 Å². The second-order valence-corrected chi connectivity index (χ2v) is 6.17. The van der Waals surface area contributed by atoms with Gasteiger partial charge in [-0.2, -0.15) is 8.42 Å². The van der Waals surface area contributed by atoms with Gasteiger partial charge < -0.3 is 8.92 Å². The van der Waals surface area contributed by atoms with Crippen molar-refractivity contribution in [2.75, 3.05) is 12.4 Å². The number of non-ortho nitro benzene ring substituents is 1. The molecule has 0 aliphatic carbocycles. The summed E-state index contributed by atoms with van der Waals surface area (Å²) in [4.78, 5) is 10.0. The molecule has 1 atom stereocenters. The van der Waals surface area contributed by atoms with E-state index in [2.05, 4.69) is 0 Å². The summed E-state index contributed by atoms with van der Waals surface area (Å²) >= 11 is 0. The summed E-state index contributed by atoms with van der Waals surface area (Å²) in [6.45, 7) is 0.553. The Bertz CT molecular complexity index is 579. The van der Waals surface area contributed by atoms with Crippen molar-refractivity contribution in [2.45, 2.75) is 25.4 Å². The number of rotatable bonds is 5. The van der Waals surface area contributed by atoms with E-state index in [1.165, 1.54) is 18.2 Å². The van der Waals surface area contributed by atoms with E-state index in [4.69, 9.17) is 8.92 Å². The molecular formula is C12H15NO6S. The third-order valence-electron chi connectivity index (χ3n) is 2.92. The van der Waals surface area contributed by atoms with Gasteiger partial charge in [-0.05, 0) is 25.3 Å². The second-order valence-electron chi connectivity index (χ2n) is 4.55. The van der Waals surface area contributed by atoms with Gasteiger partial charge in [0.05, 0.1) is 17.1 Å². The summed E-state index contributed by atoms with van der Waals surface area (Å²) in [5.74, 6) is -0.301. The van der Waals surface area contributed by atoms with E-state index in [0.29, 0.717) is 13.0 Å². The Balaban J connectivity index is 2.03. The molecule has 1 heterocycles. The highest BCUT2D eigenvalue weighted by molar-refractivity contribution is 7.87. The van der Waals surface area contributed by atoms with E-state index in [1.54, 1.807) is 0 Å². The molecule has 0 N–H and O–H groups in total. The van der Waals surface area contributed by atoms with Gasteiger partial charge in [0.1, 0.15) is 11.5 Å². The molecule has 8 heteroatoms. The van der Waals surface area contributed by atoms with Crippen LogP contribution in [0.3, 0.4) is 0 Å². The van der Waals surface area contributed by atoms with Crippen LogP contribution in [-0.2, 0) is 14.9 Å². The number of hydrogen-bond acceptors (Lipinski definition) is 6. The molecule has 0 saturated carbocycles. The topological polar surface area (TPSA) is 95.7 Å². The van der Waals surface area contributed by atoms with Gasteiger partial charge in [-0.1, -0.05) is 6.07 Å². The highest BCUT2D eigenvalue weighted by Gasteiger charge is 2.24. The molecule has 1 unspecified atom stereocenters. The molecule has 1 aliphatic rings. The largest absolute Gasteiger partial charge is 0.382 e. The third kappa shape index (κ3) is 4.17. The standard InChI is InChI=1S/C12H15NO6S/c14-13(15)10-4-3-6-11(8-10)19-20(16,17)9-12-5-1-2-7-18-12/h3-4,6,8,12H,1-2,5,7,9H2. The first-order valence-corrected chi connectivity index (χ1v) is 7.82. The molecule has 1 aromatic carbocycles. The first-order chi connectivity index (χ1) is 9.46. The zero-order chi connectivity index (χ0) is 14.6. The van der Waals surface area contributed by atoms with E-state index in [9.17, 15) is 18.5 Å². The van der Waals surface area contributed by atoms with Crippen LogP contribution in [-0.4, -0.2) is 31.8 Å². The Labute approximate surface area is 116 Å².